The second kappa shape index (κ2) is 11.8. The van der Waals surface area contributed by atoms with Crippen LogP contribution in [0.15, 0.2) is 12.3 Å². The standard InChI is InChI=1S/C26H34N6O4S2.C2H6/c1-17-19(16-31-8-6-26(4-5-26)7-9-31)22-23(37-17)21(28-25(29-22)32-10-12-36-13-11-32)18-14-20(30-38(3,33)34)24(35-2)27-15-18;1-2/h14-15,30H,4-13,16H2,1-3H3;1-2H3. The number of aryl methyl sites for hydroxylation is 1. The van der Waals surface area contributed by atoms with Crippen LogP contribution in [0, 0.1) is 12.3 Å². The minimum absolute atomic E-state index is 0.208. The predicted molar refractivity (Wildman–Crippen MR) is 161 cm³/mol. The summed E-state index contributed by atoms with van der Waals surface area (Å²) in [5.41, 5.74) is 4.60. The van der Waals surface area contributed by atoms with Crippen LogP contribution in [-0.2, 0) is 21.3 Å². The Bertz CT molecular complexity index is 1460. The van der Waals surface area contributed by atoms with Crippen molar-refractivity contribution in [2.75, 3.05) is 62.4 Å². The average molecular weight is 589 g/mol. The third-order valence-electron chi connectivity index (χ3n) is 7.98. The number of rotatable bonds is 7. The number of anilines is 2. The molecule has 3 aromatic rings. The van der Waals surface area contributed by atoms with E-state index in [-0.39, 0.29) is 11.6 Å². The zero-order chi connectivity index (χ0) is 28.5. The van der Waals surface area contributed by atoms with Gasteiger partial charge < -0.3 is 14.4 Å². The van der Waals surface area contributed by atoms with Gasteiger partial charge in [-0.05, 0) is 57.2 Å². The summed E-state index contributed by atoms with van der Waals surface area (Å²) in [7, 11) is -2.06. The highest BCUT2D eigenvalue weighted by Crippen LogP contribution is 2.53. The minimum Gasteiger partial charge on any atom is -0.480 e. The molecule has 10 nitrogen and oxygen atoms in total. The SMILES string of the molecule is CC.COc1ncc(-c2nc(N3CCOCC3)nc3c(CN4CCC5(CC4)CC5)c(C)sc23)cc1NS(C)(=O)=O. The molecule has 2 aliphatic heterocycles. The van der Waals surface area contributed by atoms with Crippen molar-refractivity contribution in [1.82, 2.24) is 19.9 Å². The Morgan fingerprint density at radius 2 is 1.80 bits per heavy atom. The number of thiophene rings is 1. The molecule has 0 amide bonds. The molecule has 218 valence electrons. The minimum atomic E-state index is -3.53. The molecule has 0 bridgehead atoms. The lowest BCUT2D eigenvalue weighted by molar-refractivity contribution is 0.122. The summed E-state index contributed by atoms with van der Waals surface area (Å²) >= 11 is 1.69. The number of ether oxygens (including phenoxy) is 2. The first kappa shape index (κ1) is 29.0. The third kappa shape index (κ3) is 6.19. The molecule has 1 spiro atoms. The Morgan fingerprint density at radius 3 is 2.42 bits per heavy atom. The Labute approximate surface area is 241 Å². The smallest absolute Gasteiger partial charge is 0.238 e. The second-order valence-corrected chi connectivity index (χ2v) is 13.7. The Hall–Kier alpha value is -2.54. The molecule has 1 saturated carbocycles. The predicted octanol–water partition coefficient (Wildman–Crippen LogP) is 4.68. The van der Waals surface area contributed by atoms with E-state index in [0.717, 1.165) is 54.9 Å². The fraction of sp³-hybridized carbons (Fsp3) is 0.607. The van der Waals surface area contributed by atoms with Gasteiger partial charge in [-0.15, -0.1) is 11.3 Å². The van der Waals surface area contributed by atoms with Gasteiger partial charge in [-0.1, -0.05) is 13.8 Å². The van der Waals surface area contributed by atoms with Crippen LogP contribution in [0.1, 0.15) is 50.0 Å². The highest BCUT2D eigenvalue weighted by molar-refractivity contribution is 7.92. The van der Waals surface area contributed by atoms with E-state index >= 15 is 0 Å². The quantitative estimate of drug-likeness (QED) is 0.421. The summed E-state index contributed by atoms with van der Waals surface area (Å²) in [4.78, 5) is 20.5. The number of pyridine rings is 1. The number of morpholine rings is 1. The maximum atomic E-state index is 12.0. The molecule has 5 heterocycles. The van der Waals surface area contributed by atoms with Crippen LogP contribution in [0.2, 0.25) is 0 Å². The zero-order valence-corrected chi connectivity index (χ0v) is 25.8. The first-order valence-corrected chi connectivity index (χ1v) is 16.8. The van der Waals surface area contributed by atoms with Crippen molar-refractivity contribution in [3.63, 3.8) is 0 Å². The van der Waals surface area contributed by atoms with Crippen LogP contribution in [-0.4, -0.2) is 81.0 Å². The van der Waals surface area contributed by atoms with Crippen molar-refractivity contribution < 1.29 is 17.9 Å². The summed E-state index contributed by atoms with van der Waals surface area (Å²) in [6.07, 6.45) is 8.17. The lowest BCUT2D eigenvalue weighted by atomic mass is 9.93. The monoisotopic (exact) mass is 588 g/mol. The van der Waals surface area contributed by atoms with Gasteiger partial charge in [0, 0.05) is 41.8 Å². The number of piperidine rings is 1. The fourth-order valence-corrected chi connectivity index (χ4v) is 7.17. The van der Waals surface area contributed by atoms with Gasteiger partial charge in [0.15, 0.2) is 0 Å². The largest absolute Gasteiger partial charge is 0.480 e. The fourth-order valence-electron chi connectivity index (χ4n) is 5.51. The molecule has 12 heteroatoms. The molecule has 6 rings (SSSR count). The zero-order valence-electron chi connectivity index (χ0n) is 24.1. The highest BCUT2D eigenvalue weighted by Gasteiger charge is 2.44. The van der Waals surface area contributed by atoms with E-state index in [0.29, 0.717) is 30.1 Å². The van der Waals surface area contributed by atoms with Crippen molar-refractivity contribution in [2.24, 2.45) is 5.41 Å². The molecule has 0 unspecified atom stereocenters. The molecule has 3 aromatic heterocycles. The lowest BCUT2D eigenvalue weighted by Gasteiger charge is -2.32. The van der Waals surface area contributed by atoms with Crippen LogP contribution in [0.4, 0.5) is 11.6 Å². The number of methoxy groups -OCH3 is 1. The summed E-state index contributed by atoms with van der Waals surface area (Å²) in [6.45, 7) is 12.0. The van der Waals surface area contributed by atoms with Gasteiger partial charge in [-0.3, -0.25) is 9.62 Å². The number of aromatic nitrogens is 3. The van der Waals surface area contributed by atoms with Crippen LogP contribution >= 0.6 is 11.3 Å². The van der Waals surface area contributed by atoms with Crippen molar-refractivity contribution >= 4 is 43.2 Å². The summed E-state index contributed by atoms with van der Waals surface area (Å²) in [5.74, 6) is 0.873. The molecule has 1 N–H and O–H groups in total. The molecule has 3 aliphatic rings. The van der Waals surface area contributed by atoms with E-state index in [1.165, 1.54) is 43.2 Å². The molecule has 40 heavy (non-hydrogen) atoms. The average Bonchev–Trinajstić information content (AvgIpc) is 3.64. The topological polar surface area (TPSA) is 110 Å². The third-order valence-corrected chi connectivity index (χ3v) is 9.72. The Balaban J connectivity index is 0.00000158. The van der Waals surface area contributed by atoms with Gasteiger partial charge in [-0.25, -0.2) is 23.4 Å². The van der Waals surface area contributed by atoms with Crippen molar-refractivity contribution in [3.05, 3.63) is 22.7 Å². The molecule has 0 radical (unpaired) electrons. The van der Waals surface area contributed by atoms with E-state index in [2.05, 4.69) is 26.4 Å². The van der Waals surface area contributed by atoms with E-state index in [1.807, 2.05) is 13.8 Å². The summed E-state index contributed by atoms with van der Waals surface area (Å²) in [5, 5.41) is 0. The number of nitrogens with zero attached hydrogens (tertiary/aromatic N) is 5. The van der Waals surface area contributed by atoms with Crippen LogP contribution in [0.5, 0.6) is 5.88 Å². The van der Waals surface area contributed by atoms with Crippen LogP contribution < -0.4 is 14.4 Å². The van der Waals surface area contributed by atoms with Crippen molar-refractivity contribution in [2.45, 2.75) is 53.0 Å². The molecule has 0 atom stereocenters. The molecular formula is C28H40N6O4S2. The van der Waals surface area contributed by atoms with Gasteiger partial charge in [0.25, 0.3) is 0 Å². The molecule has 0 aromatic carbocycles. The summed E-state index contributed by atoms with van der Waals surface area (Å²) in [6, 6.07) is 1.74. The Morgan fingerprint density at radius 1 is 1.10 bits per heavy atom. The molecule has 1 aliphatic carbocycles. The van der Waals surface area contributed by atoms with Gasteiger partial charge in [0.05, 0.1) is 42.5 Å². The number of hydrogen-bond donors (Lipinski definition) is 1. The molecule has 3 fully saturated rings. The van der Waals surface area contributed by atoms with E-state index < -0.39 is 10.0 Å². The number of sulfonamides is 1. The Kier molecular flexibility index (Phi) is 8.51. The van der Waals surface area contributed by atoms with Gasteiger partial charge in [0.2, 0.25) is 21.9 Å². The van der Waals surface area contributed by atoms with Gasteiger partial charge in [0.1, 0.15) is 5.69 Å². The van der Waals surface area contributed by atoms with Crippen LogP contribution in [0.25, 0.3) is 21.5 Å². The first-order valence-electron chi connectivity index (χ1n) is 14.1. The first-order chi connectivity index (χ1) is 19.2. The molecular weight excluding hydrogens is 548 g/mol. The maximum absolute atomic E-state index is 12.0. The highest BCUT2D eigenvalue weighted by atomic mass is 32.2. The molecule has 2 saturated heterocycles. The lowest BCUT2D eigenvalue weighted by Crippen LogP contribution is -2.37. The normalized spacial score (nSPS) is 18.9. The van der Waals surface area contributed by atoms with Crippen molar-refractivity contribution in [1.29, 1.82) is 0 Å². The van der Waals surface area contributed by atoms with E-state index in [9.17, 15) is 8.42 Å². The van der Waals surface area contributed by atoms with E-state index in [4.69, 9.17) is 19.4 Å². The van der Waals surface area contributed by atoms with Crippen LogP contribution in [0.3, 0.4) is 0 Å². The van der Waals surface area contributed by atoms with Gasteiger partial charge in [-0.2, -0.15) is 0 Å². The number of nitrogens with one attached hydrogen (secondary N) is 1. The van der Waals surface area contributed by atoms with E-state index in [1.54, 1.807) is 23.6 Å². The second-order valence-electron chi connectivity index (χ2n) is 10.7. The number of fused-ring (bicyclic) bond motifs is 1. The number of likely N-dealkylation sites (tertiary alicyclic amines) is 1. The van der Waals surface area contributed by atoms with Gasteiger partial charge >= 0.3 is 0 Å². The number of hydrogen-bond acceptors (Lipinski definition) is 10. The summed E-state index contributed by atoms with van der Waals surface area (Å²) < 4.78 is 38.5. The maximum Gasteiger partial charge on any atom is 0.238 e. The van der Waals surface area contributed by atoms with Crippen molar-refractivity contribution in [3.8, 4) is 17.1 Å².